The van der Waals surface area contributed by atoms with E-state index in [0.29, 0.717) is 35.8 Å². The lowest BCUT2D eigenvalue weighted by molar-refractivity contribution is -0.116. The van der Waals surface area contributed by atoms with E-state index >= 15 is 0 Å². The Morgan fingerprint density at radius 1 is 1.08 bits per heavy atom. The molecule has 0 aliphatic carbocycles. The van der Waals surface area contributed by atoms with Crippen molar-refractivity contribution in [3.8, 4) is 6.07 Å². The summed E-state index contributed by atoms with van der Waals surface area (Å²) in [6.07, 6.45) is 2.63. The second kappa shape index (κ2) is 8.32. The maximum Gasteiger partial charge on any atom is 0.225 e. The van der Waals surface area contributed by atoms with Crippen LogP contribution in [0.1, 0.15) is 23.1 Å². The number of carbonyl (C=O) groups is 1. The van der Waals surface area contributed by atoms with Crippen LogP contribution in [0.5, 0.6) is 0 Å². The van der Waals surface area contributed by atoms with Gasteiger partial charge in [0.15, 0.2) is 0 Å². The zero-order valence-corrected chi connectivity index (χ0v) is 14.8. The monoisotopic (exact) mass is 364 g/mol. The van der Waals surface area contributed by atoms with E-state index in [1.165, 1.54) is 0 Å². The largest absolute Gasteiger partial charge is 0.311 e. The molecule has 3 aromatic rings. The van der Waals surface area contributed by atoms with E-state index in [9.17, 15) is 4.79 Å². The van der Waals surface area contributed by atoms with Crippen molar-refractivity contribution in [3.05, 3.63) is 82.5 Å². The number of anilines is 1. The standard InChI is InChI=1S/C20H17ClN4O/c21-18-8-5-17(6-9-18)14-25-19(11-12-23-25)24-20(26)10-7-15-1-3-16(13-22)4-2-15/h1-6,8-9,11-12H,7,10,14H2,(H,24,26). The van der Waals surface area contributed by atoms with Gasteiger partial charge < -0.3 is 5.32 Å². The summed E-state index contributed by atoms with van der Waals surface area (Å²) in [6, 6.07) is 18.6. The number of aromatic nitrogens is 2. The first-order chi connectivity index (χ1) is 12.6. The quantitative estimate of drug-likeness (QED) is 0.717. The Labute approximate surface area is 156 Å². The number of nitrogens with zero attached hydrogens (tertiary/aromatic N) is 3. The third-order valence-electron chi connectivity index (χ3n) is 3.95. The number of benzene rings is 2. The van der Waals surface area contributed by atoms with Crippen LogP contribution in [0.3, 0.4) is 0 Å². The summed E-state index contributed by atoms with van der Waals surface area (Å²) >= 11 is 5.90. The van der Waals surface area contributed by atoms with Crippen molar-refractivity contribution in [2.75, 3.05) is 5.32 Å². The third-order valence-corrected chi connectivity index (χ3v) is 4.21. The Balaban J connectivity index is 1.57. The zero-order chi connectivity index (χ0) is 18.4. The van der Waals surface area contributed by atoms with E-state index in [1.54, 1.807) is 29.1 Å². The average Bonchev–Trinajstić information content (AvgIpc) is 3.09. The molecule has 130 valence electrons. The first-order valence-electron chi connectivity index (χ1n) is 8.19. The van der Waals surface area contributed by atoms with Crippen LogP contribution in [0.2, 0.25) is 5.02 Å². The minimum atomic E-state index is -0.0767. The molecule has 0 aliphatic heterocycles. The highest BCUT2D eigenvalue weighted by molar-refractivity contribution is 6.30. The van der Waals surface area contributed by atoms with Crippen molar-refractivity contribution in [1.82, 2.24) is 9.78 Å². The summed E-state index contributed by atoms with van der Waals surface area (Å²) in [5, 5.41) is 16.7. The lowest BCUT2D eigenvalue weighted by Crippen LogP contribution is -2.16. The normalized spacial score (nSPS) is 10.3. The highest BCUT2D eigenvalue weighted by Crippen LogP contribution is 2.14. The van der Waals surface area contributed by atoms with E-state index in [0.717, 1.165) is 11.1 Å². The maximum atomic E-state index is 12.2. The van der Waals surface area contributed by atoms with E-state index in [-0.39, 0.29) is 5.91 Å². The van der Waals surface area contributed by atoms with Gasteiger partial charge in [0.2, 0.25) is 5.91 Å². The fourth-order valence-electron chi connectivity index (χ4n) is 2.54. The number of hydrogen-bond acceptors (Lipinski definition) is 3. The van der Waals surface area contributed by atoms with Gasteiger partial charge in [0.1, 0.15) is 5.82 Å². The van der Waals surface area contributed by atoms with Gasteiger partial charge in [-0.2, -0.15) is 10.4 Å². The summed E-state index contributed by atoms with van der Waals surface area (Å²) in [5.74, 6) is 0.581. The number of nitrogens with one attached hydrogen (secondary N) is 1. The molecule has 0 aliphatic rings. The molecule has 1 amide bonds. The van der Waals surface area contributed by atoms with Gasteiger partial charge in [0.25, 0.3) is 0 Å². The molecule has 0 bridgehead atoms. The Bertz CT molecular complexity index is 924. The van der Waals surface area contributed by atoms with Crippen LogP contribution in [0.15, 0.2) is 60.8 Å². The van der Waals surface area contributed by atoms with Gasteiger partial charge in [-0.1, -0.05) is 35.9 Å². The van der Waals surface area contributed by atoms with Crippen molar-refractivity contribution in [2.24, 2.45) is 0 Å². The molecule has 0 radical (unpaired) electrons. The highest BCUT2D eigenvalue weighted by atomic mass is 35.5. The summed E-state index contributed by atoms with van der Waals surface area (Å²) in [7, 11) is 0. The van der Waals surface area contributed by atoms with E-state index in [4.69, 9.17) is 16.9 Å². The number of halogens is 1. The first-order valence-corrected chi connectivity index (χ1v) is 8.57. The topological polar surface area (TPSA) is 70.7 Å². The molecule has 0 atom stereocenters. The zero-order valence-electron chi connectivity index (χ0n) is 14.0. The lowest BCUT2D eigenvalue weighted by atomic mass is 10.1. The van der Waals surface area contributed by atoms with Crippen molar-refractivity contribution in [1.29, 1.82) is 5.26 Å². The molecule has 1 heterocycles. The molecule has 0 saturated heterocycles. The van der Waals surface area contributed by atoms with Crippen molar-refractivity contribution in [3.63, 3.8) is 0 Å². The minimum Gasteiger partial charge on any atom is -0.311 e. The van der Waals surface area contributed by atoms with Crippen LogP contribution < -0.4 is 5.32 Å². The summed E-state index contributed by atoms with van der Waals surface area (Å²) in [4.78, 5) is 12.2. The molecule has 5 nitrogen and oxygen atoms in total. The van der Waals surface area contributed by atoms with E-state index < -0.39 is 0 Å². The van der Waals surface area contributed by atoms with Gasteiger partial charge in [-0.25, -0.2) is 4.68 Å². The van der Waals surface area contributed by atoms with E-state index in [1.807, 2.05) is 36.4 Å². The van der Waals surface area contributed by atoms with Gasteiger partial charge in [-0.3, -0.25) is 4.79 Å². The number of carbonyl (C=O) groups excluding carboxylic acids is 1. The first kappa shape index (κ1) is 17.7. The van der Waals surface area contributed by atoms with Crippen LogP contribution in [0, 0.1) is 11.3 Å². The van der Waals surface area contributed by atoms with Gasteiger partial charge in [0, 0.05) is 17.5 Å². The minimum absolute atomic E-state index is 0.0767. The van der Waals surface area contributed by atoms with Crippen LogP contribution in [-0.4, -0.2) is 15.7 Å². The number of amides is 1. The molecule has 1 aromatic heterocycles. The molecule has 2 aromatic carbocycles. The molecular weight excluding hydrogens is 348 g/mol. The second-order valence-corrected chi connectivity index (χ2v) is 6.29. The van der Waals surface area contributed by atoms with Crippen LogP contribution in [0.25, 0.3) is 0 Å². The lowest BCUT2D eigenvalue weighted by Gasteiger charge is -2.09. The molecule has 0 spiro atoms. The fourth-order valence-corrected chi connectivity index (χ4v) is 2.66. The Morgan fingerprint density at radius 3 is 2.46 bits per heavy atom. The average molecular weight is 365 g/mol. The van der Waals surface area contributed by atoms with Crippen LogP contribution >= 0.6 is 11.6 Å². The van der Waals surface area contributed by atoms with Gasteiger partial charge in [0.05, 0.1) is 24.4 Å². The van der Waals surface area contributed by atoms with Gasteiger partial charge >= 0.3 is 0 Å². The smallest absolute Gasteiger partial charge is 0.225 e. The Kier molecular flexibility index (Phi) is 5.67. The molecule has 1 N–H and O–H groups in total. The number of nitriles is 1. The molecule has 0 fully saturated rings. The highest BCUT2D eigenvalue weighted by Gasteiger charge is 2.08. The van der Waals surface area contributed by atoms with Gasteiger partial charge in [-0.05, 0) is 41.8 Å². The maximum absolute atomic E-state index is 12.2. The number of aryl methyl sites for hydroxylation is 1. The van der Waals surface area contributed by atoms with Crippen LogP contribution in [0.4, 0.5) is 5.82 Å². The number of hydrogen-bond donors (Lipinski definition) is 1. The Hall–Kier alpha value is -3.10. The van der Waals surface area contributed by atoms with Crippen molar-refractivity contribution < 1.29 is 4.79 Å². The summed E-state index contributed by atoms with van der Waals surface area (Å²) in [6.45, 7) is 0.551. The third kappa shape index (κ3) is 4.71. The molecule has 3 rings (SSSR count). The summed E-state index contributed by atoms with van der Waals surface area (Å²) < 4.78 is 1.74. The predicted octanol–water partition coefficient (Wildman–Crippen LogP) is 4.03. The second-order valence-electron chi connectivity index (χ2n) is 5.86. The van der Waals surface area contributed by atoms with Crippen molar-refractivity contribution in [2.45, 2.75) is 19.4 Å². The summed E-state index contributed by atoms with van der Waals surface area (Å²) in [5.41, 5.74) is 2.68. The van der Waals surface area contributed by atoms with Crippen molar-refractivity contribution >= 4 is 23.3 Å². The fraction of sp³-hybridized carbons (Fsp3) is 0.150. The van der Waals surface area contributed by atoms with Gasteiger partial charge in [-0.15, -0.1) is 0 Å². The van der Waals surface area contributed by atoms with E-state index in [2.05, 4.69) is 16.5 Å². The Morgan fingerprint density at radius 2 is 1.77 bits per heavy atom. The molecule has 0 saturated carbocycles. The number of rotatable bonds is 6. The van der Waals surface area contributed by atoms with Crippen LogP contribution in [-0.2, 0) is 17.8 Å². The molecule has 0 unspecified atom stereocenters. The molecular formula is C20H17ClN4O. The predicted molar refractivity (Wildman–Crippen MR) is 101 cm³/mol. The molecule has 6 heteroatoms. The molecule has 26 heavy (non-hydrogen) atoms. The SMILES string of the molecule is N#Cc1ccc(CCC(=O)Nc2ccnn2Cc2ccc(Cl)cc2)cc1.